The SMILES string of the molecule is COCC(CNc1nc(C)ccc1[N+](=O)[O-])OC. The third kappa shape index (κ3) is 3.94. The lowest BCUT2D eigenvalue weighted by molar-refractivity contribution is -0.384. The molecule has 0 fully saturated rings. The van der Waals surface area contributed by atoms with Crippen LogP contribution >= 0.6 is 0 Å². The number of rotatable bonds is 7. The second-order valence-corrected chi connectivity index (χ2v) is 3.77. The fraction of sp³-hybridized carbons (Fsp3) is 0.545. The number of anilines is 1. The zero-order chi connectivity index (χ0) is 13.5. The molecule has 0 aromatic carbocycles. The van der Waals surface area contributed by atoms with Gasteiger partial charge in [-0.15, -0.1) is 0 Å². The Hall–Kier alpha value is -1.73. The van der Waals surface area contributed by atoms with Crippen LogP contribution in [0.3, 0.4) is 0 Å². The Kier molecular flexibility index (Phi) is 5.47. The van der Waals surface area contributed by atoms with E-state index in [9.17, 15) is 10.1 Å². The van der Waals surface area contributed by atoms with Crippen molar-refractivity contribution >= 4 is 11.5 Å². The smallest absolute Gasteiger partial charge is 0.311 e. The van der Waals surface area contributed by atoms with E-state index in [1.807, 2.05) is 0 Å². The summed E-state index contributed by atoms with van der Waals surface area (Å²) >= 11 is 0. The Morgan fingerprint density at radius 2 is 2.22 bits per heavy atom. The van der Waals surface area contributed by atoms with Crippen molar-refractivity contribution in [1.29, 1.82) is 0 Å². The van der Waals surface area contributed by atoms with Gasteiger partial charge in [0.05, 0.1) is 17.6 Å². The quantitative estimate of drug-likeness (QED) is 0.585. The number of hydrogen-bond donors (Lipinski definition) is 1. The van der Waals surface area contributed by atoms with Crippen molar-refractivity contribution in [3.05, 3.63) is 27.9 Å². The number of aromatic nitrogens is 1. The number of aryl methyl sites for hydroxylation is 1. The molecule has 0 aliphatic carbocycles. The number of hydrogen-bond acceptors (Lipinski definition) is 6. The van der Waals surface area contributed by atoms with Crippen LogP contribution in [0.15, 0.2) is 12.1 Å². The summed E-state index contributed by atoms with van der Waals surface area (Å²) in [5.74, 6) is 0.248. The van der Waals surface area contributed by atoms with Crippen molar-refractivity contribution in [2.45, 2.75) is 13.0 Å². The van der Waals surface area contributed by atoms with Crippen molar-refractivity contribution in [3.63, 3.8) is 0 Å². The second-order valence-electron chi connectivity index (χ2n) is 3.77. The molecule has 0 aliphatic heterocycles. The van der Waals surface area contributed by atoms with Gasteiger partial charge in [0, 0.05) is 32.5 Å². The van der Waals surface area contributed by atoms with Crippen LogP contribution in [-0.4, -0.2) is 43.4 Å². The number of nitro groups is 1. The molecule has 1 atom stereocenters. The third-order valence-corrected chi connectivity index (χ3v) is 2.39. The van der Waals surface area contributed by atoms with Gasteiger partial charge >= 0.3 is 5.69 Å². The highest BCUT2D eigenvalue weighted by molar-refractivity contribution is 5.56. The van der Waals surface area contributed by atoms with Crippen molar-refractivity contribution in [1.82, 2.24) is 4.98 Å². The number of nitrogens with one attached hydrogen (secondary N) is 1. The summed E-state index contributed by atoms with van der Waals surface area (Å²) in [7, 11) is 3.13. The van der Waals surface area contributed by atoms with E-state index in [1.165, 1.54) is 6.07 Å². The van der Waals surface area contributed by atoms with Crippen LogP contribution in [0.2, 0.25) is 0 Å². The summed E-state index contributed by atoms with van der Waals surface area (Å²) < 4.78 is 10.1. The summed E-state index contributed by atoms with van der Waals surface area (Å²) in [6, 6.07) is 3.04. The average Bonchev–Trinajstić information content (AvgIpc) is 2.34. The molecule has 7 nitrogen and oxygen atoms in total. The van der Waals surface area contributed by atoms with E-state index in [-0.39, 0.29) is 17.6 Å². The molecule has 1 unspecified atom stereocenters. The number of nitrogens with zero attached hydrogens (tertiary/aromatic N) is 2. The lowest BCUT2D eigenvalue weighted by atomic mass is 10.3. The highest BCUT2D eigenvalue weighted by Gasteiger charge is 2.16. The maximum atomic E-state index is 10.8. The Labute approximate surface area is 105 Å². The minimum absolute atomic E-state index is 0.0483. The van der Waals surface area contributed by atoms with Gasteiger partial charge in [0.2, 0.25) is 5.82 Å². The minimum atomic E-state index is -0.465. The maximum Gasteiger partial charge on any atom is 0.311 e. The summed E-state index contributed by atoms with van der Waals surface area (Å²) in [6.45, 7) is 2.57. The van der Waals surface area contributed by atoms with Crippen LogP contribution in [-0.2, 0) is 9.47 Å². The maximum absolute atomic E-state index is 10.8. The Morgan fingerprint density at radius 1 is 1.50 bits per heavy atom. The lowest BCUT2D eigenvalue weighted by Crippen LogP contribution is -2.27. The molecule has 1 heterocycles. The van der Waals surface area contributed by atoms with Crippen molar-refractivity contribution in [2.75, 3.05) is 32.7 Å². The summed E-state index contributed by atoms with van der Waals surface area (Å²) in [5, 5.41) is 13.8. The zero-order valence-electron chi connectivity index (χ0n) is 10.7. The molecule has 1 rings (SSSR count). The van der Waals surface area contributed by atoms with Crippen LogP contribution in [0.5, 0.6) is 0 Å². The molecule has 0 saturated heterocycles. The van der Waals surface area contributed by atoms with Crippen molar-refractivity contribution in [3.8, 4) is 0 Å². The lowest BCUT2D eigenvalue weighted by Gasteiger charge is -2.15. The molecule has 1 aromatic rings. The molecule has 0 bridgehead atoms. The van der Waals surface area contributed by atoms with Gasteiger partial charge in [-0.1, -0.05) is 0 Å². The molecular formula is C11H17N3O4. The Morgan fingerprint density at radius 3 is 2.78 bits per heavy atom. The average molecular weight is 255 g/mol. The topological polar surface area (TPSA) is 86.5 Å². The van der Waals surface area contributed by atoms with Crippen molar-refractivity contribution in [2.24, 2.45) is 0 Å². The fourth-order valence-electron chi connectivity index (χ4n) is 1.43. The van der Waals surface area contributed by atoms with E-state index in [0.29, 0.717) is 18.8 Å². The monoisotopic (exact) mass is 255 g/mol. The molecule has 0 amide bonds. The first-order valence-electron chi connectivity index (χ1n) is 5.46. The molecule has 100 valence electrons. The summed E-state index contributed by atoms with van der Waals surface area (Å²) in [5.41, 5.74) is 0.664. The minimum Gasteiger partial charge on any atom is -0.382 e. The highest BCUT2D eigenvalue weighted by atomic mass is 16.6. The van der Waals surface area contributed by atoms with E-state index >= 15 is 0 Å². The van der Waals surface area contributed by atoms with Gasteiger partial charge in [-0.05, 0) is 13.0 Å². The summed E-state index contributed by atoms with van der Waals surface area (Å²) in [6.07, 6.45) is -0.183. The predicted octanol–water partition coefficient (Wildman–Crippen LogP) is 1.37. The van der Waals surface area contributed by atoms with Crippen LogP contribution in [0.25, 0.3) is 0 Å². The van der Waals surface area contributed by atoms with Crippen molar-refractivity contribution < 1.29 is 14.4 Å². The fourth-order valence-corrected chi connectivity index (χ4v) is 1.43. The van der Waals surface area contributed by atoms with Gasteiger partial charge < -0.3 is 14.8 Å². The van der Waals surface area contributed by atoms with Crippen LogP contribution in [0.4, 0.5) is 11.5 Å². The van der Waals surface area contributed by atoms with Crippen LogP contribution in [0.1, 0.15) is 5.69 Å². The molecule has 1 N–H and O–H groups in total. The van der Waals surface area contributed by atoms with E-state index in [4.69, 9.17) is 9.47 Å². The number of methoxy groups -OCH3 is 2. The van der Waals surface area contributed by atoms with Crippen LogP contribution < -0.4 is 5.32 Å². The van der Waals surface area contributed by atoms with E-state index < -0.39 is 4.92 Å². The largest absolute Gasteiger partial charge is 0.382 e. The molecule has 7 heteroatoms. The predicted molar refractivity (Wildman–Crippen MR) is 66.8 cm³/mol. The molecule has 0 spiro atoms. The van der Waals surface area contributed by atoms with Gasteiger partial charge in [0.15, 0.2) is 0 Å². The normalized spacial score (nSPS) is 12.2. The van der Waals surface area contributed by atoms with Gasteiger partial charge in [-0.25, -0.2) is 4.98 Å². The zero-order valence-corrected chi connectivity index (χ0v) is 10.7. The van der Waals surface area contributed by atoms with Gasteiger partial charge in [0.25, 0.3) is 0 Å². The first kappa shape index (κ1) is 14.3. The number of ether oxygens (including phenoxy) is 2. The Balaban J connectivity index is 2.76. The summed E-state index contributed by atoms with van der Waals surface area (Å²) in [4.78, 5) is 14.5. The Bertz CT molecular complexity index is 411. The molecule has 0 saturated carbocycles. The highest BCUT2D eigenvalue weighted by Crippen LogP contribution is 2.21. The van der Waals surface area contributed by atoms with Gasteiger partial charge in [-0.2, -0.15) is 0 Å². The standard InChI is InChI=1S/C11H17N3O4/c1-8-4-5-10(14(15)16)11(13-8)12-6-9(18-3)7-17-2/h4-5,9H,6-7H2,1-3H3,(H,12,13). The van der Waals surface area contributed by atoms with E-state index in [0.717, 1.165) is 0 Å². The molecule has 18 heavy (non-hydrogen) atoms. The first-order valence-corrected chi connectivity index (χ1v) is 5.46. The third-order valence-electron chi connectivity index (χ3n) is 2.39. The second kappa shape index (κ2) is 6.87. The molecular weight excluding hydrogens is 238 g/mol. The van der Waals surface area contributed by atoms with Crippen LogP contribution in [0, 0.1) is 17.0 Å². The molecule has 0 radical (unpaired) electrons. The van der Waals surface area contributed by atoms with Gasteiger partial charge in [0.1, 0.15) is 0 Å². The van der Waals surface area contributed by atoms with E-state index in [2.05, 4.69) is 10.3 Å². The van der Waals surface area contributed by atoms with Gasteiger partial charge in [-0.3, -0.25) is 10.1 Å². The first-order chi connectivity index (χ1) is 8.58. The number of pyridine rings is 1. The molecule has 0 aliphatic rings. The van der Waals surface area contributed by atoms with E-state index in [1.54, 1.807) is 27.2 Å². The molecule has 1 aromatic heterocycles.